The highest BCUT2D eigenvalue weighted by molar-refractivity contribution is 6.02. The number of carbonyl (C=O) groups is 2. The van der Waals surface area contributed by atoms with E-state index in [4.69, 9.17) is 0 Å². The average Bonchev–Trinajstić information content (AvgIpc) is 2.64. The standard InChI is InChI=1S/C19H15F6NO3/c1-26(2)16(28)15-9-11(10-27)3-8-14(15)12-4-6-13(7-5-12)17(29,18(20,21)22)19(23,24)25/h3-10,29H,1-2H3. The molecule has 0 bridgehead atoms. The predicted molar refractivity (Wildman–Crippen MR) is 91.3 cm³/mol. The van der Waals surface area contributed by atoms with Crippen molar-refractivity contribution in [3.05, 3.63) is 59.2 Å². The largest absolute Gasteiger partial charge is 0.430 e. The minimum Gasteiger partial charge on any atom is -0.369 e. The first-order valence-electron chi connectivity index (χ1n) is 8.01. The zero-order valence-corrected chi connectivity index (χ0v) is 15.1. The van der Waals surface area contributed by atoms with Crippen LogP contribution in [-0.2, 0) is 5.60 Å². The van der Waals surface area contributed by atoms with Gasteiger partial charge in [0.15, 0.2) is 0 Å². The van der Waals surface area contributed by atoms with Gasteiger partial charge in [-0.2, -0.15) is 26.3 Å². The molecule has 0 saturated heterocycles. The molecule has 1 amide bonds. The molecule has 0 atom stereocenters. The van der Waals surface area contributed by atoms with E-state index in [1.807, 2.05) is 0 Å². The number of alkyl halides is 6. The molecule has 4 nitrogen and oxygen atoms in total. The van der Waals surface area contributed by atoms with Crippen LogP contribution in [0.4, 0.5) is 26.3 Å². The number of halogens is 6. The van der Waals surface area contributed by atoms with E-state index < -0.39 is 29.4 Å². The van der Waals surface area contributed by atoms with Gasteiger partial charge < -0.3 is 10.0 Å². The first-order chi connectivity index (χ1) is 13.2. The lowest BCUT2D eigenvalue weighted by Crippen LogP contribution is -2.53. The van der Waals surface area contributed by atoms with Crippen molar-refractivity contribution in [1.82, 2.24) is 4.90 Å². The Hall–Kier alpha value is -2.88. The lowest BCUT2D eigenvalue weighted by atomic mass is 9.89. The fraction of sp³-hybridized carbons (Fsp3) is 0.263. The molecular formula is C19H15F6NO3. The molecule has 0 aliphatic rings. The molecule has 2 rings (SSSR count). The van der Waals surface area contributed by atoms with Gasteiger partial charge in [0.05, 0.1) is 0 Å². The van der Waals surface area contributed by atoms with Crippen molar-refractivity contribution in [3.63, 3.8) is 0 Å². The molecule has 0 aromatic heterocycles. The summed E-state index contributed by atoms with van der Waals surface area (Å²) >= 11 is 0. The fourth-order valence-electron chi connectivity index (χ4n) is 2.68. The Morgan fingerprint density at radius 1 is 0.931 bits per heavy atom. The maximum absolute atomic E-state index is 13.0. The summed E-state index contributed by atoms with van der Waals surface area (Å²) in [5, 5.41) is 9.45. The minimum atomic E-state index is -6.00. The van der Waals surface area contributed by atoms with Crippen LogP contribution in [0.25, 0.3) is 11.1 Å². The highest BCUT2D eigenvalue weighted by Gasteiger charge is 2.71. The van der Waals surface area contributed by atoms with Crippen molar-refractivity contribution in [2.45, 2.75) is 18.0 Å². The normalized spacial score (nSPS) is 12.6. The highest BCUT2D eigenvalue weighted by Crippen LogP contribution is 2.50. The van der Waals surface area contributed by atoms with E-state index in [2.05, 4.69) is 0 Å². The van der Waals surface area contributed by atoms with Crippen LogP contribution in [-0.4, -0.2) is 48.6 Å². The second-order valence-corrected chi connectivity index (χ2v) is 6.41. The number of benzene rings is 2. The van der Waals surface area contributed by atoms with E-state index in [0.717, 1.165) is 12.1 Å². The number of aliphatic hydroxyl groups is 1. The van der Waals surface area contributed by atoms with E-state index in [1.54, 1.807) is 0 Å². The van der Waals surface area contributed by atoms with Crippen LogP contribution in [0.3, 0.4) is 0 Å². The van der Waals surface area contributed by atoms with Gasteiger partial charge in [-0.3, -0.25) is 9.59 Å². The minimum absolute atomic E-state index is 0.0363. The Morgan fingerprint density at radius 2 is 1.45 bits per heavy atom. The Morgan fingerprint density at radius 3 is 1.86 bits per heavy atom. The van der Waals surface area contributed by atoms with Crippen molar-refractivity contribution in [2.24, 2.45) is 0 Å². The molecule has 0 fully saturated rings. The fourth-order valence-corrected chi connectivity index (χ4v) is 2.68. The van der Waals surface area contributed by atoms with Crippen LogP contribution in [0.5, 0.6) is 0 Å². The molecule has 0 aliphatic heterocycles. The summed E-state index contributed by atoms with van der Waals surface area (Å²) < 4.78 is 78.0. The number of nitrogens with zero attached hydrogens (tertiary/aromatic N) is 1. The lowest BCUT2D eigenvalue weighted by molar-refractivity contribution is -0.376. The summed E-state index contributed by atoms with van der Waals surface area (Å²) in [6, 6.07) is 6.82. The number of hydrogen-bond donors (Lipinski definition) is 1. The summed E-state index contributed by atoms with van der Waals surface area (Å²) in [7, 11) is 2.88. The van der Waals surface area contributed by atoms with Gasteiger partial charge in [0, 0.05) is 30.8 Å². The van der Waals surface area contributed by atoms with Crippen LogP contribution in [0.2, 0.25) is 0 Å². The molecular weight excluding hydrogens is 404 g/mol. The Kier molecular flexibility index (Phi) is 5.80. The van der Waals surface area contributed by atoms with Crippen molar-refractivity contribution in [3.8, 4) is 11.1 Å². The molecule has 10 heteroatoms. The molecule has 2 aromatic rings. The molecule has 29 heavy (non-hydrogen) atoms. The number of amides is 1. The zero-order chi connectivity index (χ0) is 22.2. The van der Waals surface area contributed by atoms with Gasteiger partial charge in [0.2, 0.25) is 0 Å². The van der Waals surface area contributed by atoms with Gasteiger partial charge in [-0.25, -0.2) is 0 Å². The Labute approximate surface area is 161 Å². The number of aldehydes is 1. The van der Waals surface area contributed by atoms with E-state index in [9.17, 15) is 41.0 Å². The molecule has 0 aliphatic carbocycles. The summed E-state index contributed by atoms with van der Waals surface area (Å²) in [6.45, 7) is 0. The van der Waals surface area contributed by atoms with Crippen molar-refractivity contribution >= 4 is 12.2 Å². The van der Waals surface area contributed by atoms with Crippen LogP contribution in [0, 0.1) is 0 Å². The highest BCUT2D eigenvalue weighted by atomic mass is 19.4. The van der Waals surface area contributed by atoms with Crippen molar-refractivity contribution in [1.29, 1.82) is 0 Å². The first-order valence-corrected chi connectivity index (χ1v) is 8.01. The van der Waals surface area contributed by atoms with Crippen molar-refractivity contribution in [2.75, 3.05) is 14.1 Å². The van der Waals surface area contributed by atoms with Crippen molar-refractivity contribution < 1.29 is 41.0 Å². The summed E-state index contributed by atoms with van der Waals surface area (Å²) in [5.41, 5.74) is -5.92. The predicted octanol–water partition coefficient (Wildman–Crippen LogP) is 4.18. The summed E-state index contributed by atoms with van der Waals surface area (Å²) in [6.07, 6.45) is -11.5. The van der Waals surface area contributed by atoms with Gasteiger partial charge in [0.1, 0.15) is 6.29 Å². The van der Waals surface area contributed by atoms with E-state index >= 15 is 0 Å². The SMILES string of the molecule is CN(C)C(=O)c1cc(C=O)ccc1-c1ccc(C(O)(C(F)(F)F)C(F)(F)F)cc1. The molecule has 0 spiro atoms. The molecule has 0 heterocycles. The van der Waals surface area contributed by atoms with Crippen LogP contribution in [0.15, 0.2) is 42.5 Å². The molecule has 0 radical (unpaired) electrons. The first kappa shape index (κ1) is 22.4. The van der Waals surface area contributed by atoms with Gasteiger partial charge >= 0.3 is 12.4 Å². The Balaban J connectivity index is 2.61. The van der Waals surface area contributed by atoms with Crippen LogP contribution in [0.1, 0.15) is 26.3 Å². The third-order valence-electron chi connectivity index (χ3n) is 4.25. The number of rotatable bonds is 4. The van der Waals surface area contributed by atoms with Crippen LogP contribution < -0.4 is 0 Å². The molecule has 0 saturated carbocycles. The second-order valence-electron chi connectivity index (χ2n) is 6.41. The molecule has 2 aromatic carbocycles. The second kappa shape index (κ2) is 7.51. The average molecular weight is 419 g/mol. The third-order valence-corrected chi connectivity index (χ3v) is 4.25. The maximum atomic E-state index is 13.0. The molecule has 156 valence electrons. The topological polar surface area (TPSA) is 57.6 Å². The van der Waals surface area contributed by atoms with Gasteiger partial charge in [-0.05, 0) is 17.2 Å². The zero-order valence-electron chi connectivity index (χ0n) is 15.1. The van der Waals surface area contributed by atoms with Gasteiger partial charge in [0.25, 0.3) is 11.5 Å². The lowest BCUT2D eigenvalue weighted by Gasteiger charge is -2.32. The van der Waals surface area contributed by atoms with E-state index in [1.165, 1.54) is 37.2 Å². The maximum Gasteiger partial charge on any atom is 0.430 e. The summed E-state index contributed by atoms with van der Waals surface area (Å²) in [5.74, 6) is -0.519. The molecule has 0 unspecified atom stereocenters. The monoisotopic (exact) mass is 419 g/mol. The Bertz CT molecular complexity index is 903. The van der Waals surface area contributed by atoms with Crippen LogP contribution >= 0.6 is 0 Å². The van der Waals surface area contributed by atoms with E-state index in [0.29, 0.717) is 18.4 Å². The third kappa shape index (κ3) is 3.98. The number of hydrogen-bond acceptors (Lipinski definition) is 3. The van der Waals surface area contributed by atoms with E-state index in [-0.39, 0.29) is 22.3 Å². The smallest absolute Gasteiger partial charge is 0.369 e. The number of carbonyl (C=O) groups excluding carboxylic acids is 2. The molecule has 1 N–H and O–H groups in total. The summed E-state index contributed by atoms with van der Waals surface area (Å²) in [4.78, 5) is 24.5. The quantitative estimate of drug-likeness (QED) is 0.598. The van der Waals surface area contributed by atoms with Gasteiger partial charge in [-0.1, -0.05) is 36.4 Å². The van der Waals surface area contributed by atoms with Gasteiger partial charge in [-0.15, -0.1) is 0 Å².